The second-order valence-electron chi connectivity index (χ2n) is 2.98. The van der Waals surface area contributed by atoms with Crippen LogP contribution in [0.1, 0.15) is 18.0 Å². The molecule has 0 aromatic heterocycles. The number of benzene rings is 1. The Morgan fingerprint density at radius 1 is 1.47 bits per heavy atom. The summed E-state index contributed by atoms with van der Waals surface area (Å²) >= 11 is 2.94. The number of halogens is 3. The highest BCUT2D eigenvalue weighted by Gasteiger charge is 2.15. The minimum Gasteiger partial charge on any atom is -0.506 e. The molecular formula is C9H13BrClFN2O. The first-order chi connectivity index (χ1) is 6.57. The Bertz CT molecular complexity index is 338. The average molecular weight is 300 g/mol. The van der Waals surface area contributed by atoms with E-state index in [2.05, 4.69) is 15.9 Å². The maximum Gasteiger partial charge on any atom is 0.141 e. The molecule has 0 saturated heterocycles. The molecule has 0 radical (unpaired) electrons. The topological polar surface area (TPSA) is 72.3 Å². The fraction of sp³-hybridized carbons (Fsp3) is 0.333. The van der Waals surface area contributed by atoms with Gasteiger partial charge in [0.15, 0.2) is 0 Å². The molecule has 0 aliphatic carbocycles. The van der Waals surface area contributed by atoms with Crippen molar-refractivity contribution in [3.63, 3.8) is 0 Å². The van der Waals surface area contributed by atoms with Crippen molar-refractivity contribution < 1.29 is 9.50 Å². The van der Waals surface area contributed by atoms with Gasteiger partial charge in [0, 0.05) is 11.6 Å². The van der Waals surface area contributed by atoms with Crippen molar-refractivity contribution in [1.82, 2.24) is 0 Å². The monoisotopic (exact) mass is 298 g/mol. The number of phenolic OH excluding ortho intramolecular Hbond substituents is 1. The van der Waals surface area contributed by atoms with Gasteiger partial charge >= 0.3 is 0 Å². The number of phenols is 1. The van der Waals surface area contributed by atoms with Crippen LogP contribution in [0.2, 0.25) is 0 Å². The summed E-state index contributed by atoms with van der Waals surface area (Å²) in [5, 5.41) is 9.57. The van der Waals surface area contributed by atoms with Crippen LogP contribution in [0.25, 0.3) is 0 Å². The van der Waals surface area contributed by atoms with Crippen LogP contribution in [-0.4, -0.2) is 11.7 Å². The molecule has 0 unspecified atom stereocenters. The third-order valence-electron chi connectivity index (χ3n) is 1.98. The van der Waals surface area contributed by atoms with Crippen LogP contribution in [0.5, 0.6) is 5.75 Å². The second-order valence-corrected chi connectivity index (χ2v) is 3.78. The quantitative estimate of drug-likeness (QED) is 0.800. The standard InChI is InChI=1S/C9H12BrFN2O.ClH/c10-8-6(11)2-1-5(9(8)14)7(13)3-4-12;/h1-2,7,14H,3-4,12-13H2;1H/t7-;/m0./s1. The predicted octanol–water partition coefficient (Wildman–Crippen LogP) is 2.06. The van der Waals surface area contributed by atoms with E-state index < -0.39 is 5.82 Å². The lowest BCUT2D eigenvalue weighted by molar-refractivity contribution is 0.448. The second kappa shape index (κ2) is 6.27. The van der Waals surface area contributed by atoms with Gasteiger partial charge < -0.3 is 16.6 Å². The molecule has 0 fully saturated rings. The largest absolute Gasteiger partial charge is 0.506 e. The van der Waals surface area contributed by atoms with Crippen molar-refractivity contribution in [2.45, 2.75) is 12.5 Å². The van der Waals surface area contributed by atoms with E-state index in [-0.39, 0.29) is 28.7 Å². The Morgan fingerprint density at radius 3 is 2.60 bits per heavy atom. The van der Waals surface area contributed by atoms with Crippen LogP contribution in [0.15, 0.2) is 16.6 Å². The SMILES string of the molecule is Cl.NCC[C@H](N)c1ccc(F)c(Br)c1O. The van der Waals surface area contributed by atoms with Crippen LogP contribution in [0, 0.1) is 5.82 Å². The lowest BCUT2D eigenvalue weighted by atomic mass is 10.0. The van der Waals surface area contributed by atoms with Gasteiger partial charge in [-0.1, -0.05) is 6.07 Å². The number of aromatic hydroxyl groups is 1. The first-order valence-corrected chi connectivity index (χ1v) is 4.99. The lowest BCUT2D eigenvalue weighted by Crippen LogP contribution is -2.15. The zero-order valence-electron chi connectivity index (χ0n) is 7.91. The summed E-state index contributed by atoms with van der Waals surface area (Å²) < 4.78 is 13.0. The van der Waals surface area contributed by atoms with E-state index in [0.717, 1.165) is 0 Å². The van der Waals surface area contributed by atoms with Crippen molar-refractivity contribution in [2.75, 3.05) is 6.54 Å². The Morgan fingerprint density at radius 2 is 2.07 bits per heavy atom. The fourth-order valence-corrected chi connectivity index (χ4v) is 1.55. The van der Waals surface area contributed by atoms with Gasteiger partial charge in [-0.25, -0.2) is 4.39 Å². The molecule has 0 amide bonds. The zero-order valence-corrected chi connectivity index (χ0v) is 10.3. The maximum absolute atomic E-state index is 12.9. The molecule has 1 aromatic carbocycles. The Balaban J connectivity index is 0.00000196. The molecule has 15 heavy (non-hydrogen) atoms. The molecule has 0 aliphatic rings. The summed E-state index contributed by atoms with van der Waals surface area (Å²) in [5.41, 5.74) is 11.6. The van der Waals surface area contributed by atoms with Gasteiger partial charge in [-0.15, -0.1) is 12.4 Å². The molecule has 3 nitrogen and oxygen atoms in total. The van der Waals surface area contributed by atoms with E-state index in [0.29, 0.717) is 18.5 Å². The van der Waals surface area contributed by atoms with E-state index in [1.54, 1.807) is 0 Å². The van der Waals surface area contributed by atoms with E-state index in [4.69, 9.17) is 11.5 Å². The van der Waals surface area contributed by atoms with Crippen molar-refractivity contribution in [2.24, 2.45) is 11.5 Å². The molecule has 0 aliphatic heterocycles. The molecule has 0 saturated carbocycles. The Hall–Kier alpha value is -0.360. The molecule has 1 atom stereocenters. The molecular weight excluding hydrogens is 286 g/mol. The number of rotatable bonds is 3. The van der Waals surface area contributed by atoms with Crippen molar-refractivity contribution in [1.29, 1.82) is 0 Å². The molecule has 5 N–H and O–H groups in total. The van der Waals surface area contributed by atoms with Crippen LogP contribution in [-0.2, 0) is 0 Å². The predicted molar refractivity (Wildman–Crippen MR) is 63.6 cm³/mol. The van der Waals surface area contributed by atoms with Crippen LogP contribution >= 0.6 is 28.3 Å². The van der Waals surface area contributed by atoms with Crippen LogP contribution < -0.4 is 11.5 Å². The van der Waals surface area contributed by atoms with Crippen LogP contribution in [0.3, 0.4) is 0 Å². The summed E-state index contributed by atoms with van der Waals surface area (Å²) in [6.45, 7) is 0.426. The van der Waals surface area contributed by atoms with E-state index in [1.807, 2.05) is 0 Å². The minimum absolute atomic E-state index is 0. The van der Waals surface area contributed by atoms with Crippen molar-refractivity contribution >= 4 is 28.3 Å². The van der Waals surface area contributed by atoms with Crippen molar-refractivity contribution in [3.8, 4) is 5.75 Å². The molecule has 0 spiro atoms. The summed E-state index contributed by atoms with van der Waals surface area (Å²) in [7, 11) is 0. The van der Waals surface area contributed by atoms with E-state index in [9.17, 15) is 9.50 Å². The zero-order chi connectivity index (χ0) is 10.7. The first kappa shape index (κ1) is 14.6. The Labute approximate surface area is 102 Å². The highest BCUT2D eigenvalue weighted by atomic mass is 79.9. The number of hydrogen-bond acceptors (Lipinski definition) is 3. The number of hydrogen-bond donors (Lipinski definition) is 3. The summed E-state index contributed by atoms with van der Waals surface area (Å²) in [5.74, 6) is -0.655. The third kappa shape index (κ3) is 3.31. The minimum atomic E-state index is -0.508. The van der Waals surface area contributed by atoms with Gasteiger partial charge in [0.25, 0.3) is 0 Å². The van der Waals surface area contributed by atoms with Crippen LogP contribution in [0.4, 0.5) is 4.39 Å². The summed E-state index contributed by atoms with van der Waals surface area (Å²) in [4.78, 5) is 0. The smallest absolute Gasteiger partial charge is 0.141 e. The summed E-state index contributed by atoms with van der Waals surface area (Å²) in [6.07, 6.45) is 0.547. The summed E-state index contributed by atoms with van der Waals surface area (Å²) in [6, 6.07) is 2.36. The average Bonchev–Trinajstić information content (AvgIpc) is 2.15. The van der Waals surface area contributed by atoms with Gasteiger partial charge in [0.1, 0.15) is 11.6 Å². The number of nitrogens with two attached hydrogens (primary N) is 2. The van der Waals surface area contributed by atoms with Gasteiger partial charge in [0.2, 0.25) is 0 Å². The normalized spacial score (nSPS) is 12.0. The molecule has 1 rings (SSSR count). The molecule has 6 heteroatoms. The Kier molecular flexibility index (Phi) is 6.12. The third-order valence-corrected chi connectivity index (χ3v) is 2.73. The van der Waals surface area contributed by atoms with Crippen molar-refractivity contribution in [3.05, 3.63) is 28.0 Å². The fourth-order valence-electron chi connectivity index (χ4n) is 1.19. The molecule has 0 bridgehead atoms. The van der Waals surface area contributed by atoms with E-state index in [1.165, 1.54) is 12.1 Å². The molecule has 86 valence electrons. The maximum atomic E-state index is 12.9. The molecule has 0 heterocycles. The first-order valence-electron chi connectivity index (χ1n) is 4.20. The highest BCUT2D eigenvalue weighted by Crippen LogP contribution is 2.33. The van der Waals surface area contributed by atoms with Gasteiger partial charge in [-0.2, -0.15) is 0 Å². The lowest BCUT2D eigenvalue weighted by Gasteiger charge is -2.13. The highest BCUT2D eigenvalue weighted by molar-refractivity contribution is 9.10. The van der Waals surface area contributed by atoms with Gasteiger partial charge in [0.05, 0.1) is 4.47 Å². The van der Waals surface area contributed by atoms with Gasteiger partial charge in [-0.3, -0.25) is 0 Å². The van der Waals surface area contributed by atoms with E-state index >= 15 is 0 Å². The van der Waals surface area contributed by atoms with Gasteiger partial charge in [-0.05, 0) is 35.0 Å². The molecule has 1 aromatic rings.